The number of hydrogen-bond donors (Lipinski definition) is 0. The van der Waals surface area contributed by atoms with Crippen LogP contribution in [0.1, 0.15) is 140 Å². The van der Waals surface area contributed by atoms with Gasteiger partial charge in [0.25, 0.3) is 0 Å². The third-order valence-corrected chi connectivity index (χ3v) is 16.7. The van der Waals surface area contributed by atoms with Crippen LogP contribution in [0.15, 0.2) is 77.4 Å². The minimum absolute atomic E-state index is 0.0851. The van der Waals surface area contributed by atoms with Crippen LogP contribution >= 0.6 is 0 Å². The quantitative estimate of drug-likeness (QED) is 0.109. The maximum absolute atomic E-state index is 2.74. The number of benzene rings is 3. The van der Waals surface area contributed by atoms with Crippen LogP contribution in [0.25, 0.3) is 0 Å². The van der Waals surface area contributed by atoms with Crippen molar-refractivity contribution in [2.24, 2.45) is 0 Å². The monoisotopic (exact) mass is 632 g/mol. The highest BCUT2D eigenvalue weighted by atomic mass is 28.3. The number of aryl methyl sites for hydroxylation is 6. The van der Waals surface area contributed by atoms with E-state index in [1.54, 1.807) is 43.4 Å². The van der Waals surface area contributed by atoms with E-state index in [0.717, 1.165) is 0 Å². The van der Waals surface area contributed by atoms with Gasteiger partial charge in [0, 0.05) is 5.04 Å². The minimum atomic E-state index is -2.74. The first-order chi connectivity index (χ1) is 22.0. The summed E-state index contributed by atoms with van der Waals surface area (Å²) < 4.78 is 0. The van der Waals surface area contributed by atoms with Crippen LogP contribution in [0.2, 0.25) is 5.04 Å². The highest BCUT2D eigenvalue weighted by molar-refractivity contribution is 7.14. The molecule has 0 saturated heterocycles. The Labute approximate surface area is 284 Å². The Morgan fingerprint density at radius 1 is 0.478 bits per heavy atom. The Morgan fingerprint density at radius 3 is 1.13 bits per heavy atom. The van der Waals surface area contributed by atoms with Gasteiger partial charge in [0.2, 0.25) is 0 Å². The molecule has 0 aromatic heterocycles. The van der Waals surface area contributed by atoms with Gasteiger partial charge in [-0.1, -0.05) is 143 Å². The van der Waals surface area contributed by atoms with E-state index in [0.29, 0.717) is 0 Å². The van der Waals surface area contributed by atoms with Crippen LogP contribution in [0, 0.1) is 13.8 Å². The lowest BCUT2D eigenvalue weighted by atomic mass is 10.0. The number of allylic oxidation sites excluding steroid dienone is 4. The van der Waals surface area contributed by atoms with E-state index in [9.17, 15) is 0 Å². The molecule has 3 aromatic rings. The van der Waals surface area contributed by atoms with E-state index in [1.165, 1.54) is 99.3 Å². The highest BCUT2D eigenvalue weighted by Gasteiger charge is 2.56. The lowest BCUT2D eigenvalue weighted by Gasteiger charge is -2.48. The maximum atomic E-state index is 2.70. The summed E-state index contributed by atoms with van der Waals surface area (Å²) in [4.78, 5) is 0. The molecule has 46 heavy (non-hydrogen) atoms. The largest absolute Gasteiger partial charge is 0.161 e. The molecule has 1 atom stereocenters. The predicted molar refractivity (Wildman–Crippen MR) is 208 cm³/mol. The van der Waals surface area contributed by atoms with E-state index in [-0.39, 0.29) is 5.04 Å². The summed E-state index contributed by atoms with van der Waals surface area (Å²) in [6.45, 7) is 23.8. The second kappa shape index (κ2) is 16.0. The van der Waals surface area contributed by atoms with Gasteiger partial charge < -0.3 is 0 Å². The van der Waals surface area contributed by atoms with Crippen LogP contribution in [-0.4, -0.2) is 8.07 Å². The first kappa shape index (κ1) is 36.2. The van der Waals surface area contributed by atoms with Gasteiger partial charge in [-0.3, -0.25) is 0 Å². The van der Waals surface area contributed by atoms with Crippen LogP contribution in [-0.2, 0) is 25.7 Å². The molecule has 1 unspecified atom stereocenters. The van der Waals surface area contributed by atoms with Crippen LogP contribution in [0.5, 0.6) is 0 Å². The first-order valence-electron chi connectivity index (χ1n) is 18.8. The van der Waals surface area contributed by atoms with Gasteiger partial charge in [-0.2, -0.15) is 0 Å². The Morgan fingerprint density at radius 2 is 0.826 bits per heavy atom. The summed E-state index contributed by atoms with van der Waals surface area (Å²) in [5.41, 5.74) is 13.5. The average molecular weight is 633 g/mol. The fourth-order valence-corrected chi connectivity index (χ4v) is 14.9. The van der Waals surface area contributed by atoms with E-state index in [1.807, 2.05) is 0 Å². The van der Waals surface area contributed by atoms with Gasteiger partial charge >= 0.3 is 0 Å². The fraction of sp³-hybridized carbons (Fsp3) is 0.511. The second-order valence-electron chi connectivity index (χ2n) is 14.9. The summed E-state index contributed by atoms with van der Waals surface area (Å²) >= 11 is 0. The van der Waals surface area contributed by atoms with Gasteiger partial charge in [-0.15, -0.1) is 0 Å². The molecule has 0 radical (unpaired) electrons. The van der Waals surface area contributed by atoms with Gasteiger partial charge in [-0.05, 0) is 129 Å². The first-order valence-corrected chi connectivity index (χ1v) is 20.8. The molecule has 0 nitrogen and oxygen atoms in total. The van der Waals surface area contributed by atoms with Gasteiger partial charge in [0.15, 0.2) is 8.07 Å². The Kier molecular flexibility index (Phi) is 12.6. The second-order valence-corrected chi connectivity index (χ2v) is 19.2. The number of hydrogen-bond acceptors (Lipinski definition) is 0. The van der Waals surface area contributed by atoms with E-state index >= 15 is 0 Å². The van der Waals surface area contributed by atoms with Gasteiger partial charge in [0.05, 0.1) is 0 Å². The third kappa shape index (κ3) is 7.41. The molecule has 1 aliphatic carbocycles. The normalized spacial score (nSPS) is 16.8. The van der Waals surface area contributed by atoms with E-state index in [4.69, 9.17) is 0 Å². The summed E-state index contributed by atoms with van der Waals surface area (Å²) in [7, 11) is -2.74. The SMILES string of the molecule is CCCCc1cc(CCCC)cc([Si](c2cc(C)cc(C)c2)(c2cc(CCCC)cc(CCCC)c2)C2(C)C=C(C)C(C)=C2C)c1. The topological polar surface area (TPSA) is 0 Å². The van der Waals surface area contributed by atoms with Crippen LogP contribution < -0.4 is 15.6 Å². The van der Waals surface area contributed by atoms with Crippen molar-refractivity contribution < 1.29 is 0 Å². The third-order valence-electron chi connectivity index (χ3n) is 11.1. The molecule has 0 N–H and O–H groups in total. The molecule has 0 fully saturated rings. The molecular formula is C45H64Si. The van der Waals surface area contributed by atoms with Crippen molar-refractivity contribution in [3.05, 3.63) is 111 Å². The smallest absolute Gasteiger partial charge is 0.0730 e. The summed E-state index contributed by atoms with van der Waals surface area (Å²) in [6.07, 6.45) is 17.3. The predicted octanol–water partition coefficient (Wildman–Crippen LogP) is 11.2. The lowest BCUT2D eigenvalue weighted by Crippen LogP contribution is -2.73. The zero-order chi connectivity index (χ0) is 33.5. The van der Waals surface area contributed by atoms with Crippen molar-refractivity contribution >= 4 is 23.6 Å². The fourth-order valence-electron chi connectivity index (χ4n) is 8.37. The van der Waals surface area contributed by atoms with Crippen LogP contribution in [0.3, 0.4) is 0 Å². The highest BCUT2D eigenvalue weighted by Crippen LogP contribution is 2.53. The molecule has 248 valence electrons. The molecule has 0 aliphatic heterocycles. The summed E-state index contributed by atoms with van der Waals surface area (Å²) in [5, 5.41) is 4.73. The van der Waals surface area contributed by atoms with Crippen molar-refractivity contribution in [3.8, 4) is 0 Å². The average Bonchev–Trinajstić information content (AvgIpc) is 3.23. The number of unbranched alkanes of at least 4 members (excludes halogenated alkanes) is 4. The summed E-state index contributed by atoms with van der Waals surface area (Å²) in [5.74, 6) is 0. The molecule has 0 amide bonds. The van der Waals surface area contributed by atoms with Crippen molar-refractivity contribution in [3.63, 3.8) is 0 Å². The molecule has 0 saturated carbocycles. The van der Waals surface area contributed by atoms with Crippen molar-refractivity contribution in [2.45, 2.75) is 151 Å². The van der Waals surface area contributed by atoms with Crippen LogP contribution in [0.4, 0.5) is 0 Å². The molecule has 3 aromatic carbocycles. The Bertz CT molecular complexity index is 1410. The summed E-state index contributed by atoms with van der Waals surface area (Å²) in [6, 6.07) is 23.4. The molecule has 1 heteroatoms. The zero-order valence-corrected chi connectivity index (χ0v) is 32.3. The van der Waals surface area contributed by atoms with Gasteiger partial charge in [0.1, 0.15) is 0 Å². The molecule has 0 spiro atoms. The minimum Gasteiger partial charge on any atom is -0.0730 e. The molecule has 1 aliphatic rings. The Hall–Kier alpha value is -2.64. The van der Waals surface area contributed by atoms with Crippen molar-refractivity contribution in [2.75, 3.05) is 0 Å². The Balaban J connectivity index is 2.24. The maximum Gasteiger partial charge on any atom is 0.161 e. The lowest BCUT2D eigenvalue weighted by molar-refractivity contribution is 0.780. The standard InChI is InChI=1S/C45H64Si/c1-11-15-19-38-26-39(20-16-12-2)29-43(28-38)46(42-24-33(5)23-34(6)25-42,45(10)32-35(7)36(8)37(45)9)44-30-40(21-17-13-3)27-41(31-44)22-18-14-4/h23-32H,11-22H2,1-10H3. The number of rotatable bonds is 16. The van der Waals surface area contributed by atoms with Gasteiger partial charge in [-0.25, -0.2) is 0 Å². The molecule has 0 bridgehead atoms. The van der Waals surface area contributed by atoms with Crippen molar-refractivity contribution in [1.29, 1.82) is 0 Å². The van der Waals surface area contributed by atoms with E-state index in [2.05, 4.69) is 130 Å². The molecule has 4 rings (SSSR count). The molecular weight excluding hydrogens is 569 g/mol. The molecule has 0 heterocycles. The zero-order valence-electron chi connectivity index (χ0n) is 31.3. The van der Waals surface area contributed by atoms with Crippen molar-refractivity contribution in [1.82, 2.24) is 0 Å². The van der Waals surface area contributed by atoms with E-state index < -0.39 is 8.07 Å².